The third-order valence-corrected chi connectivity index (χ3v) is 4.28. The highest BCUT2D eigenvalue weighted by molar-refractivity contribution is 9.10. The molecule has 1 aromatic heterocycles. The average Bonchev–Trinajstić information content (AvgIpc) is 2.35. The maximum atomic E-state index is 5.88. The monoisotopic (exact) mass is 332 g/mol. The van der Waals surface area contributed by atoms with E-state index in [4.69, 9.17) is 16.3 Å². The van der Waals surface area contributed by atoms with Crippen LogP contribution >= 0.6 is 27.5 Å². The Labute approximate surface area is 121 Å². The van der Waals surface area contributed by atoms with E-state index in [1.54, 1.807) is 6.20 Å². The van der Waals surface area contributed by atoms with Gasteiger partial charge in [-0.2, -0.15) is 0 Å². The van der Waals surface area contributed by atoms with Gasteiger partial charge in [0.25, 0.3) is 0 Å². The zero-order valence-electron chi connectivity index (χ0n) is 10.5. The summed E-state index contributed by atoms with van der Waals surface area (Å²) < 4.78 is 6.57. The first-order chi connectivity index (χ1) is 8.69. The number of rotatable bonds is 4. The minimum Gasteiger partial charge on any atom is -0.381 e. The van der Waals surface area contributed by atoms with Gasteiger partial charge in [-0.1, -0.05) is 24.9 Å². The Morgan fingerprint density at radius 2 is 2.44 bits per heavy atom. The van der Waals surface area contributed by atoms with Crippen molar-refractivity contribution >= 4 is 33.2 Å². The van der Waals surface area contributed by atoms with Crippen LogP contribution in [0.5, 0.6) is 0 Å². The summed E-state index contributed by atoms with van der Waals surface area (Å²) in [5, 5.41) is 4.00. The Hall–Kier alpha value is -0.320. The lowest BCUT2D eigenvalue weighted by Gasteiger charge is -2.30. The predicted molar refractivity (Wildman–Crippen MR) is 78.2 cm³/mol. The second kappa shape index (κ2) is 6.73. The second-order valence-electron chi connectivity index (χ2n) is 4.64. The predicted octanol–water partition coefficient (Wildman–Crippen LogP) is 4.26. The third-order valence-electron chi connectivity index (χ3n) is 3.14. The first-order valence-corrected chi connectivity index (χ1v) is 7.55. The van der Waals surface area contributed by atoms with Crippen molar-refractivity contribution in [1.82, 2.24) is 4.98 Å². The second-order valence-corrected chi connectivity index (χ2v) is 5.86. The van der Waals surface area contributed by atoms with Gasteiger partial charge in [0.2, 0.25) is 0 Å². The Bertz CT molecular complexity index is 401. The van der Waals surface area contributed by atoms with Crippen molar-refractivity contribution in [2.24, 2.45) is 0 Å². The van der Waals surface area contributed by atoms with E-state index in [0.717, 1.165) is 36.0 Å². The van der Waals surface area contributed by atoms with Gasteiger partial charge in [-0.25, -0.2) is 4.98 Å². The molecule has 1 aliphatic heterocycles. The van der Waals surface area contributed by atoms with Gasteiger partial charge < -0.3 is 10.1 Å². The van der Waals surface area contributed by atoms with Gasteiger partial charge in [-0.15, -0.1) is 0 Å². The molecule has 0 amide bonds. The minimum atomic E-state index is 0.393. The number of nitrogens with one attached hydrogen (secondary N) is 1. The molecule has 18 heavy (non-hydrogen) atoms. The van der Waals surface area contributed by atoms with Gasteiger partial charge in [-0.3, -0.25) is 0 Å². The van der Waals surface area contributed by atoms with E-state index in [1.807, 2.05) is 6.07 Å². The molecular weight excluding hydrogens is 316 g/mol. The highest BCUT2D eigenvalue weighted by Gasteiger charge is 2.21. The third kappa shape index (κ3) is 3.84. The molecule has 1 aromatic rings. The van der Waals surface area contributed by atoms with Crippen molar-refractivity contribution in [2.45, 2.75) is 44.8 Å². The van der Waals surface area contributed by atoms with Crippen LogP contribution in [0.15, 0.2) is 16.7 Å². The smallest absolute Gasteiger partial charge is 0.143 e. The van der Waals surface area contributed by atoms with E-state index in [1.165, 1.54) is 6.42 Å². The molecule has 0 radical (unpaired) electrons. The van der Waals surface area contributed by atoms with Crippen LogP contribution in [0.2, 0.25) is 5.15 Å². The van der Waals surface area contributed by atoms with Crippen molar-refractivity contribution in [2.75, 3.05) is 11.9 Å². The number of anilines is 1. The lowest BCUT2D eigenvalue weighted by Crippen LogP contribution is -2.34. The van der Waals surface area contributed by atoms with Crippen LogP contribution in [-0.4, -0.2) is 23.7 Å². The van der Waals surface area contributed by atoms with E-state index in [2.05, 4.69) is 33.2 Å². The molecule has 5 heteroatoms. The molecule has 0 bridgehead atoms. The van der Waals surface area contributed by atoms with Gasteiger partial charge in [0.15, 0.2) is 0 Å². The van der Waals surface area contributed by atoms with Crippen molar-refractivity contribution in [1.29, 1.82) is 0 Å². The molecule has 1 N–H and O–H groups in total. The summed E-state index contributed by atoms with van der Waals surface area (Å²) in [6, 6.07) is 2.43. The summed E-state index contributed by atoms with van der Waals surface area (Å²) in [5.41, 5.74) is 1.01. The first kappa shape index (κ1) is 14.1. The molecular formula is C13H18BrClN2O. The SMILES string of the molecule is CCCC1CC(Nc2cnc(Cl)c(Br)c2)CCO1. The first-order valence-electron chi connectivity index (χ1n) is 6.38. The number of aromatic nitrogens is 1. The Morgan fingerprint density at radius 3 is 3.17 bits per heavy atom. The summed E-state index contributed by atoms with van der Waals surface area (Å²) in [7, 11) is 0. The molecule has 3 nitrogen and oxygen atoms in total. The van der Waals surface area contributed by atoms with E-state index in [-0.39, 0.29) is 0 Å². The van der Waals surface area contributed by atoms with Gasteiger partial charge in [0, 0.05) is 12.6 Å². The quantitative estimate of drug-likeness (QED) is 0.836. The molecule has 0 aliphatic carbocycles. The van der Waals surface area contributed by atoms with Crippen LogP contribution in [0.4, 0.5) is 5.69 Å². The normalized spacial score (nSPS) is 23.9. The zero-order valence-corrected chi connectivity index (χ0v) is 12.8. The molecule has 100 valence electrons. The lowest BCUT2D eigenvalue weighted by atomic mass is 10.00. The number of nitrogens with zero attached hydrogens (tertiary/aromatic N) is 1. The molecule has 0 aromatic carbocycles. The lowest BCUT2D eigenvalue weighted by molar-refractivity contribution is 0.00597. The Kier molecular flexibility index (Phi) is 5.27. The van der Waals surface area contributed by atoms with Crippen LogP contribution in [0, 0.1) is 0 Å². The number of hydrogen-bond acceptors (Lipinski definition) is 3. The molecule has 0 spiro atoms. The van der Waals surface area contributed by atoms with Crippen LogP contribution in [0.25, 0.3) is 0 Å². The summed E-state index contributed by atoms with van der Waals surface area (Å²) in [6.45, 7) is 3.03. The fourth-order valence-electron chi connectivity index (χ4n) is 2.27. The molecule has 1 saturated heterocycles. The fourth-order valence-corrected chi connectivity index (χ4v) is 2.72. The number of halogens is 2. The van der Waals surface area contributed by atoms with Crippen LogP contribution in [-0.2, 0) is 4.74 Å². The summed E-state index contributed by atoms with van der Waals surface area (Å²) in [6.07, 6.45) is 6.59. The summed E-state index contributed by atoms with van der Waals surface area (Å²) in [4.78, 5) is 4.12. The van der Waals surface area contributed by atoms with E-state index in [9.17, 15) is 0 Å². The average molecular weight is 334 g/mol. The maximum Gasteiger partial charge on any atom is 0.143 e. The zero-order chi connectivity index (χ0) is 13.0. The fraction of sp³-hybridized carbons (Fsp3) is 0.615. The highest BCUT2D eigenvalue weighted by Crippen LogP contribution is 2.25. The van der Waals surface area contributed by atoms with E-state index >= 15 is 0 Å². The summed E-state index contributed by atoms with van der Waals surface area (Å²) in [5.74, 6) is 0. The Morgan fingerprint density at radius 1 is 1.61 bits per heavy atom. The molecule has 2 unspecified atom stereocenters. The summed E-state index contributed by atoms with van der Waals surface area (Å²) >= 11 is 9.27. The molecule has 2 atom stereocenters. The van der Waals surface area contributed by atoms with Crippen LogP contribution in [0.1, 0.15) is 32.6 Å². The molecule has 1 aliphatic rings. The molecule has 1 fully saturated rings. The molecule has 2 rings (SSSR count). The van der Waals surface area contributed by atoms with Crippen molar-refractivity contribution in [3.8, 4) is 0 Å². The Balaban J connectivity index is 1.93. The number of pyridine rings is 1. The highest BCUT2D eigenvalue weighted by atomic mass is 79.9. The molecule has 0 saturated carbocycles. The standard InChI is InChI=1S/C13H18BrClN2O/c1-2-3-11-6-9(4-5-18-11)17-10-7-12(14)13(15)16-8-10/h7-9,11,17H,2-6H2,1H3. The van der Waals surface area contributed by atoms with Gasteiger partial charge in [-0.05, 0) is 41.3 Å². The van der Waals surface area contributed by atoms with Crippen LogP contribution in [0.3, 0.4) is 0 Å². The van der Waals surface area contributed by atoms with Crippen LogP contribution < -0.4 is 5.32 Å². The topological polar surface area (TPSA) is 34.2 Å². The number of ether oxygens (including phenoxy) is 1. The van der Waals surface area contributed by atoms with Gasteiger partial charge in [0.05, 0.1) is 22.5 Å². The van der Waals surface area contributed by atoms with E-state index < -0.39 is 0 Å². The van der Waals surface area contributed by atoms with Crippen molar-refractivity contribution < 1.29 is 4.74 Å². The number of hydrogen-bond donors (Lipinski definition) is 1. The van der Waals surface area contributed by atoms with Crippen molar-refractivity contribution in [3.63, 3.8) is 0 Å². The van der Waals surface area contributed by atoms with E-state index in [0.29, 0.717) is 17.3 Å². The largest absolute Gasteiger partial charge is 0.381 e. The van der Waals surface area contributed by atoms with Crippen molar-refractivity contribution in [3.05, 3.63) is 21.9 Å². The molecule has 2 heterocycles. The van der Waals surface area contributed by atoms with Gasteiger partial charge >= 0.3 is 0 Å². The maximum absolute atomic E-state index is 5.88. The van der Waals surface area contributed by atoms with Gasteiger partial charge in [0.1, 0.15) is 5.15 Å². The minimum absolute atomic E-state index is 0.393.